The number of rotatable bonds is 5. The predicted molar refractivity (Wildman–Crippen MR) is 71.8 cm³/mol. The van der Waals surface area contributed by atoms with Crippen molar-refractivity contribution in [1.29, 1.82) is 0 Å². The first-order chi connectivity index (χ1) is 10.4. The number of halogens is 2. The Kier molecular flexibility index (Phi) is 5.43. The van der Waals surface area contributed by atoms with Crippen LogP contribution in [0.15, 0.2) is 29.2 Å². The van der Waals surface area contributed by atoms with Gasteiger partial charge in [-0.25, -0.2) is 18.7 Å². The molecule has 1 aliphatic heterocycles. The fourth-order valence-electron chi connectivity index (χ4n) is 1.90. The van der Waals surface area contributed by atoms with Crippen molar-refractivity contribution in [3.8, 4) is 0 Å². The van der Waals surface area contributed by atoms with Crippen molar-refractivity contribution in [3.63, 3.8) is 0 Å². The van der Waals surface area contributed by atoms with Crippen LogP contribution in [-0.4, -0.2) is 33.0 Å². The van der Waals surface area contributed by atoms with Crippen molar-refractivity contribution >= 4 is 15.7 Å². The molecule has 1 atom stereocenters. The number of alkyl halides is 2. The van der Waals surface area contributed by atoms with Gasteiger partial charge in [0.05, 0.1) is 4.90 Å². The maximum Gasteiger partial charge on any atom is 0.341 e. The summed E-state index contributed by atoms with van der Waals surface area (Å²) in [5.41, 5.74) is 2.03. The van der Waals surface area contributed by atoms with E-state index in [2.05, 4.69) is 5.48 Å². The Morgan fingerprint density at radius 1 is 1.36 bits per heavy atom. The monoisotopic (exact) mass is 335 g/mol. The molecule has 1 aliphatic rings. The second kappa shape index (κ2) is 7.12. The highest BCUT2D eigenvalue weighted by Gasteiger charge is 2.27. The summed E-state index contributed by atoms with van der Waals surface area (Å²) in [5.74, 6) is -4.28. The second-order valence-electron chi connectivity index (χ2n) is 4.68. The summed E-state index contributed by atoms with van der Waals surface area (Å²) in [6, 6.07) is 4.39. The van der Waals surface area contributed by atoms with Crippen molar-refractivity contribution in [3.05, 3.63) is 29.8 Å². The molecule has 2 rings (SSSR count). The molecule has 1 heterocycles. The van der Waals surface area contributed by atoms with Crippen molar-refractivity contribution in [2.75, 3.05) is 6.61 Å². The lowest BCUT2D eigenvalue weighted by Gasteiger charge is -2.22. The largest absolute Gasteiger partial charge is 0.350 e. The lowest BCUT2D eigenvalue weighted by Crippen LogP contribution is -2.33. The van der Waals surface area contributed by atoms with Gasteiger partial charge in [-0.15, -0.1) is 0 Å². The fraction of sp³-hybridized carbons (Fsp3) is 0.462. The van der Waals surface area contributed by atoms with Crippen molar-refractivity contribution in [2.24, 2.45) is 0 Å². The SMILES string of the molecule is O=C(NOC1CCCCO1)c1cccc(S(=O)(=O)C(F)F)c1. The van der Waals surface area contributed by atoms with Crippen LogP contribution in [0.25, 0.3) is 0 Å². The first kappa shape index (κ1) is 16.8. The van der Waals surface area contributed by atoms with E-state index < -0.39 is 32.7 Å². The highest BCUT2D eigenvalue weighted by molar-refractivity contribution is 7.91. The molecule has 1 unspecified atom stereocenters. The van der Waals surface area contributed by atoms with Gasteiger partial charge in [-0.2, -0.15) is 8.78 Å². The Hall–Kier alpha value is -1.58. The number of hydrogen-bond donors (Lipinski definition) is 1. The van der Waals surface area contributed by atoms with Gasteiger partial charge in [0, 0.05) is 18.6 Å². The number of hydrogen-bond acceptors (Lipinski definition) is 5. The minimum Gasteiger partial charge on any atom is -0.350 e. The van der Waals surface area contributed by atoms with Crippen LogP contribution < -0.4 is 5.48 Å². The van der Waals surface area contributed by atoms with Crippen LogP contribution in [0.1, 0.15) is 29.6 Å². The summed E-state index contributed by atoms with van der Waals surface area (Å²) in [5, 5.41) is 0. The Labute approximate surface area is 126 Å². The molecular weight excluding hydrogens is 320 g/mol. The smallest absolute Gasteiger partial charge is 0.341 e. The maximum absolute atomic E-state index is 12.5. The van der Waals surface area contributed by atoms with Gasteiger partial charge in [-0.05, 0) is 31.0 Å². The highest BCUT2D eigenvalue weighted by atomic mass is 32.2. The summed E-state index contributed by atoms with van der Waals surface area (Å²) < 4.78 is 53.0. The number of carbonyl (C=O) groups excluding carboxylic acids is 1. The Balaban J connectivity index is 2.04. The molecule has 0 aromatic heterocycles. The number of hydroxylamine groups is 1. The number of benzene rings is 1. The van der Waals surface area contributed by atoms with Crippen LogP contribution in [0.3, 0.4) is 0 Å². The number of nitrogens with one attached hydrogen (secondary N) is 1. The van der Waals surface area contributed by atoms with E-state index in [1.807, 2.05) is 0 Å². The minimum absolute atomic E-state index is 0.0995. The summed E-state index contributed by atoms with van der Waals surface area (Å²) in [4.78, 5) is 16.3. The van der Waals surface area contributed by atoms with Gasteiger partial charge in [0.15, 0.2) is 6.29 Å². The summed E-state index contributed by atoms with van der Waals surface area (Å²) in [7, 11) is -4.75. The number of amides is 1. The van der Waals surface area contributed by atoms with Crippen molar-refractivity contribution < 1.29 is 31.6 Å². The third-order valence-corrected chi connectivity index (χ3v) is 4.46. The van der Waals surface area contributed by atoms with E-state index in [9.17, 15) is 22.0 Å². The summed E-state index contributed by atoms with van der Waals surface area (Å²) >= 11 is 0. The van der Waals surface area contributed by atoms with E-state index in [4.69, 9.17) is 9.57 Å². The zero-order valence-corrected chi connectivity index (χ0v) is 12.3. The van der Waals surface area contributed by atoms with Gasteiger partial charge in [0.1, 0.15) is 0 Å². The van der Waals surface area contributed by atoms with E-state index >= 15 is 0 Å². The topological polar surface area (TPSA) is 81.7 Å². The Morgan fingerprint density at radius 3 is 2.77 bits per heavy atom. The van der Waals surface area contributed by atoms with Crippen molar-refractivity contribution in [1.82, 2.24) is 5.48 Å². The van der Waals surface area contributed by atoms with E-state index in [1.54, 1.807) is 0 Å². The van der Waals surface area contributed by atoms with Crippen LogP contribution >= 0.6 is 0 Å². The predicted octanol–water partition coefficient (Wildman–Crippen LogP) is 1.87. The molecule has 22 heavy (non-hydrogen) atoms. The van der Waals surface area contributed by atoms with Crippen molar-refractivity contribution in [2.45, 2.75) is 36.2 Å². The minimum atomic E-state index is -4.75. The molecular formula is C13H15F2NO5S. The molecule has 6 nitrogen and oxygen atoms in total. The van der Waals surface area contributed by atoms with Gasteiger partial charge < -0.3 is 4.74 Å². The van der Waals surface area contributed by atoms with E-state index in [1.165, 1.54) is 12.1 Å². The van der Waals surface area contributed by atoms with Crippen LogP contribution in [-0.2, 0) is 19.4 Å². The molecule has 1 N–H and O–H groups in total. The lowest BCUT2D eigenvalue weighted by atomic mass is 10.2. The molecule has 1 saturated heterocycles. The van der Waals surface area contributed by atoms with Gasteiger partial charge in [0.2, 0.25) is 9.84 Å². The fourth-order valence-corrected chi connectivity index (χ4v) is 2.66. The third kappa shape index (κ3) is 3.99. The average Bonchev–Trinajstić information content (AvgIpc) is 2.53. The molecule has 1 fully saturated rings. The molecule has 1 aromatic carbocycles. The molecule has 0 bridgehead atoms. The van der Waals surface area contributed by atoms with E-state index in [-0.39, 0.29) is 5.56 Å². The number of ether oxygens (including phenoxy) is 1. The molecule has 9 heteroatoms. The average molecular weight is 335 g/mol. The molecule has 1 amide bonds. The molecule has 0 aliphatic carbocycles. The second-order valence-corrected chi connectivity index (χ2v) is 6.60. The Bertz CT molecular complexity index is 629. The highest BCUT2D eigenvalue weighted by Crippen LogP contribution is 2.19. The normalized spacial score (nSPS) is 19.1. The summed E-state index contributed by atoms with van der Waals surface area (Å²) in [6.45, 7) is 0.530. The molecule has 0 spiro atoms. The molecule has 0 radical (unpaired) electrons. The zero-order chi connectivity index (χ0) is 16.2. The van der Waals surface area contributed by atoms with Gasteiger partial charge in [-0.3, -0.25) is 4.79 Å². The number of carbonyl (C=O) groups is 1. The first-order valence-corrected chi connectivity index (χ1v) is 8.15. The molecule has 0 saturated carbocycles. The van der Waals surface area contributed by atoms with E-state index in [0.717, 1.165) is 25.0 Å². The van der Waals surface area contributed by atoms with Gasteiger partial charge in [0.25, 0.3) is 5.91 Å². The molecule has 1 aromatic rings. The lowest BCUT2D eigenvalue weighted by molar-refractivity contribution is -0.186. The zero-order valence-electron chi connectivity index (χ0n) is 11.5. The number of sulfone groups is 1. The quantitative estimate of drug-likeness (QED) is 0.831. The van der Waals surface area contributed by atoms with Gasteiger partial charge >= 0.3 is 5.76 Å². The standard InChI is InChI=1S/C13H15F2NO5S/c14-13(15)22(18,19)10-5-3-4-9(8-10)12(17)16-21-11-6-1-2-7-20-11/h3-5,8,11,13H,1-2,6-7H2,(H,16,17). The van der Waals surface area contributed by atoms with Crippen LogP contribution in [0.2, 0.25) is 0 Å². The van der Waals surface area contributed by atoms with Gasteiger partial charge in [-0.1, -0.05) is 6.07 Å². The Morgan fingerprint density at radius 2 is 2.14 bits per heavy atom. The first-order valence-electron chi connectivity index (χ1n) is 6.61. The van der Waals surface area contributed by atoms with E-state index in [0.29, 0.717) is 13.0 Å². The maximum atomic E-state index is 12.5. The van der Waals surface area contributed by atoms with Crippen LogP contribution in [0.4, 0.5) is 8.78 Å². The van der Waals surface area contributed by atoms with Crippen LogP contribution in [0, 0.1) is 0 Å². The van der Waals surface area contributed by atoms with Crippen LogP contribution in [0.5, 0.6) is 0 Å². The molecule has 122 valence electrons. The summed E-state index contributed by atoms with van der Waals surface area (Å²) in [6.07, 6.45) is 1.88. The third-order valence-electron chi connectivity index (χ3n) is 3.08.